The van der Waals surface area contributed by atoms with Gasteiger partial charge in [-0.25, -0.2) is 9.78 Å². The summed E-state index contributed by atoms with van der Waals surface area (Å²) < 4.78 is 0. The number of pyridine rings is 1. The lowest BCUT2D eigenvalue weighted by molar-refractivity contribution is 0.0697. The molecule has 0 unspecified atom stereocenters. The fourth-order valence-corrected chi connectivity index (χ4v) is 3.90. The lowest BCUT2D eigenvalue weighted by atomic mass is 9.86. The molecule has 1 heterocycles. The number of hydrogen-bond donors (Lipinski definition) is 1. The van der Waals surface area contributed by atoms with Gasteiger partial charge in [0.15, 0.2) is 0 Å². The van der Waals surface area contributed by atoms with Gasteiger partial charge in [0.25, 0.3) is 0 Å². The van der Waals surface area contributed by atoms with E-state index in [4.69, 9.17) is 4.98 Å². The molecule has 0 atom stereocenters. The number of benzene rings is 2. The van der Waals surface area contributed by atoms with Crippen LogP contribution in [-0.2, 0) is 6.42 Å². The minimum Gasteiger partial charge on any atom is -0.478 e. The van der Waals surface area contributed by atoms with Crippen molar-refractivity contribution in [2.24, 2.45) is 0 Å². The molecule has 1 aromatic heterocycles. The summed E-state index contributed by atoms with van der Waals surface area (Å²) in [5.41, 5.74) is 6.46. The number of nitrogens with zero attached hydrogens (tertiary/aromatic N) is 1. The number of allylic oxidation sites excluding steroid dienone is 1. The Balaban J connectivity index is 1.87. The fraction of sp³-hybridized carbons (Fsp3) is 0.250. The summed E-state index contributed by atoms with van der Waals surface area (Å²) in [7, 11) is 0. The van der Waals surface area contributed by atoms with Gasteiger partial charge >= 0.3 is 5.97 Å². The summed E-state index contributed by atoms with van der Waals surface area (Å²) in [6.45, 7) is 4.38. The van der Waals surface area contributed by atoms with Crippen LogP contribution in [-0.4, -0.2) is 16.1 Å². The van der Waals surface area contributed by atoms with Gasteiger partial charge in [-0.15, -0.1) is 0 Å². The van der Waals surface area contributed by atoms with E-state index in [1.807, 2.05) is 24.3 Å². The number of aromatic carboxylic acids is 1. The molecule has 0 radical (unpaired) electrons. The Morgan fingerprint density at radius 2 is 1.81 bits per heavy atom. The number of carboxylic acids is 1. The van der Waals surface area contributed by atoms with Crippen LogP contribution in [0.5, 0.6) is 0 Å². The molecule has 2 aromatic carbocycles. The molecular formula is C24H23NO2. The van der Waals surface area contributed by atoms with Crippen molar-refractivity contribution in [3.63, 3.8) is 0 Å². The number of carbonyl (C=O) groups is 1. The summed E-state index contributed by atoms with van der Waals surface area (Å²) in [4.78, 5) is 16.9. The predicted molar refractivity (Wildman–Crippen MR) is 110 cm³/mol. The Kier molecular flexibility index (Phi) is 4.53. The van der Waals surface area contributed by atoms with E-state index in [0.717, 1.165) is 52.6 Å². The number of rotatable bonds is 3. The van der Waals surface area contributed by atoms with Gasteiger partial charge in [0.05, 0.1) is 16.8 Å². The number of hydrogen-bond acceptors (Lipinski definition) is 2. The highest BCUT2D eigenvalue weighted by Gasteiger charge is 2.24. The van der Waals surface area contributed by atoms with Crippen LogP contribution in [0, 0.1) is 0 Å². The quantitative estimate of drug-likeness (QED) is 0.632. The Bertz CT molecular complexity index is 1050. The SMILES string of the molecule is CC(C)c1ccc(/C=C2\CCCc3c2nc2ccccc2c3C(=O)O)cc1. The van der Waals surface area contributed by atoms with Crippen LogP contribution in [0.25, 0.3) is 22.6 Å². The Morgan fingerprint density at radius 3 is 2.52 bits per heavy atom. The van der Waals surface area contributed by atoms with Crippen LogP contribution in [0.4, 0.5) is 0 Å². The molecule has 3 nitrogen and oxygen atoms in total. The second kappa shape index (κ2) is 6.99. The first-order valence-electron chi connectivity index (χ1n) is 9.50. The van der Waals surface area contributed by atoms with Gasteiger partial charge in [-0.1, -0.05) is 56.3 Å². The van der Waals surface area contributed by atoms with Crippen LogP contribution < -0.4 is 0 Å². The molecule has 0 spiro atoms. The molecule has 0 aliphatic heterocycles. The highest BCUT2D eigenvalue weighted by atomic mass is 16.4. The second-order valence-corrected chi connectivity index (χ2v) is 7.48. The van der Waals surface area contributed by atoms with Gasteiger partial charge < -0.3 is 5.11 Å². The van der Waals surface area contributed by atoms with E-state index >= 15 is 0 Å². The Labute approximate surface area is 159 Å². The topological polar surface area (TPSA) is 50.2 Å². The molecule has 1 N–H and O–H groups in total. The summed E-state index contributed by atoms with van der Waals surface area (Å²) in [5.74, 6) is -0.361. The van der Waals surface area contributed by atoms with E-state index in [-0.39, 0.29) is 0 Å². The number of carboxylic acid groups (broad SMARTS) is 1. The van der Waals surface area contributed by atoms with Crippen LogP contribution in [0.15, 0.2) is 48.5 Å². The molecule has 27 heavy (non-hydrogen) atoms. The molecule has 3 aromatic rings. The largest absolute Gasteiger partial charge is 0.478 e. The molecule has 0 saturated carbocycles. The maximum atomic E-state index is 12.0. The lowest BCUT2D eigenvalue weighted by Gasteiger charge is -2.21. The fourth-order valence-electron chi connectivity index (χ4n) is 3.90. The minimum absolute atomic E-state index is 0.413. The van der Waals surface area contributed by atoms with Crippen molar-refractivity contribution in [1.82, 2.24) is 4.98 Å². The summed E-state index contributed by atoms with van der Waals surface area (Å²) in [6.07, 6.45) is 4.79. The van der Waals surface area contributed by atoms with E-state index in [0.29, 0.717) is 11.5 Å². The van der Waals surface area contributed by atoms with Crippen molar-refractivity contribution in [1.29, 1.82) is 0 Å². The van der Waals surface area contributed by atoms with Crippen LogP contribution >= 0.6 is 0 Å². The zero-order valence-corrected chi connectivity index (χ0v) is 15.7. The Hall–Kier alpha value is -2.94. The molecule has 0 amide bonds. The zero-order valence-electron chi connectivity index (χ0n) is 15.7. The molecule has 136 valence electrons. The van der Waals surface area contributed by atoms with Gasteiger partial charge in [0.1, 0.15) is 0 Å². The van der Waals surface area contributed by atoms with E-state index in [1.165, 1.54) is 5.56 Å². The molecule has 0 fully saturated rings. The first-order valence-corrected chi connectivity index (χ1v) is 9.50. The van der Waals surface area contributed by atoms with Gasteiger partial charge in [0.2, 0.25) is 0 Å². The second-order valence-electron chi connectivity index (χ2n) is 7.48. The summed E-state index contributed by atoms with van der Waals surface area (Å²) >= 11 is 0. The predicted octanol–water partition coefficient (Wildman–Crippen LogP) is 5.93. The monoisotopic (exact) mass is 357 g/mol. The molecular weight excluding hydrogens is 334 g/mol. The van der Waals surface area contributed by atoms with Crippen LogP contribution in [0.2, 0.25) is 0 Å². The smallest absolute Gasteiger partial charge is 0.336 e. The van der Waals surface area contributed by atoms with Gasteiger partial charge in [-0.2, -0.15) is 0 Å². The first-order chi connectivity index (χ1) is 13.0. The minimum atomic E-state index is -0.868. The van der Waals surface area contributed by atoms with Crippen molar-refractivity contribution in [2.45, 2.75) is 39.0 Å². The highest BCUT2D eigenvalue weighted by Crippen LogP contribution is 2.36. The molecule has 1 aliphatic carbocycles. The average molecular weight is 357 g/mol. The molecule has 1 aliphatic rings. The van der Waals surface area contributed by atoms with Crippen molar-refractivity contribution >= 4 is 28.5 Å². The third-order valence-electron chi connectivity index (χ3n) is 5.33. The Morgan fingerprint density at radius 1 is 1.07 bits per heavy atom. The maximum Gasteiger partial charge on any atom is 0.336 e. The van der Waals surface area contributed by atoms with Crippen molar-refractivity contribution < 1.29 is 9.90 Å². The van der Waals surface area contributed by atoms with Crippen LogP contribution in [0.3, 0.4) is 0 Å². The highest BCUT2D eigenvalue weighted by molar-refractivity contribution is 6.05. The third kappa shape index (κ3) is 3.25. The number of fused-ring (bicyclic) bond motifs is 2. The summed E-state index contributed by atoms with van der Waals surface area (Å²) in [6, 6.07) is 16.1. The third-order valence-corrected chi connectivity index (χ3v) is 5.33. The molecule has 3 heteroatoms. The van der Waals surface area contributed by atoms with E-state index in [1.54, 1.807) is 0 Å². The summed E-state index contributed by atoms with van der Waals surface area (Å²) in [5, 5.41) is 10.6. The van der Waals surface area contributed by atoms with Gasteiger partial charge in [0, 0.05) is 5.39 Å². The molecule has 0 saturated heterocycles. The lowest BCUT2D eigenvalue weighted by Crippen LogP contribution is -2.13. The van der Waals surface area contributed by atoms with Crippen molar-refractivity contribution in [2.75, 3.05) is 0 Å². The van der Waals surface area contributed by atoms with Gasteiger partial charge in [-0.05, 0) is 59.6 Å². The van der Waals surface area contributed by atoms with Crippen LogP contribution in [0.1, 0.15) is 65.3 Å². The van der Waals surface area contributed by atoms with Gasteiger partial charge in [-0.3, -0.25) is 0 Å². The van der Waals surface area contributed by atoms with E-state index in [9.17, 15) is 9.90 Å². The number of para-hydroxylation sites is 1. The average Bonchev–Trinajstić information content (AvgIpc) is 2.66. The number of aromatic nitrogens is 1. The van der Waals surface area contributed by atoms with E-state index < -0.39 is 5.97 Å². The first kappa shape index (κ1) is 17.5. The maximum absolute atomic E-state index is 12.0. The zero-order chi connectivity index (χ0) is 19.0. The van der Waals surface area contributed by atoms with Crippen molar-refractivity contribution in [3.05, 3.63) is 76.5 Å². The molecule has 0 bridgehead atoms. The molecule has 4 rings (SSSR count). The normalized spacial score (nSPS) is 15.3. The standard InChI is InChI=1S/C24H23NO2/c1-15(2)17-12-10-16(11-13-17)14-18-6-5-8-20-22(24(26)27)19-7-3-4-9-21(19)25-23(18)20/h3-4,7,9-15H,5-6,8H2,1-2H3,(H,26,27)/b18-14+. The van der Waals surface area contributed by atoms with Crippen molar-refractivity contribution in [3.8, 4) is 0 Å². The van der Waals surface area contributed by atoms with E-state index in [2.05, 4.69) is 44.2 Å².